The highest BCUT2D eigenvalue weighted by molar-refractivity contribution is 7.99. The molecule has 1 saturated heterocycles. The van der Waals surface area contributed by atoms with E-state index in [4.69, 9.17) is 19.8 Å². The Kier molecular flexibility index (Phi) is 6.01. The maximum Gasteiger partial charge on any atom is 0.243 e. The summed E-state index contributed by atoms with van der Waals surface area (Å²) in [6.45, 7) is 3.94. The van der Waals surface area contributed by atoms with Gasteiger partial charge in [0.1, 0.15) is 11.8 Å². The summed E-state index contributed by atoms with van der Waals surface area (Å²) >= 11 is 1.73. The predicted octanol–water partition coefficient (Wildman–Crippen LogP) is 2.57. The highest BCUT2D eigenvalue weighted by atomic mass is 32.2. The fraction of sp³-hybridized carbons (Fsp3) is 0.304. The number of hydrogen-bond donors (Lipinski definition) is 3. The van der Waals surface area contributed by atoms with Gasteiger partial charge in [-0.05, 0) is 42.2 Å². The van der Waals surface area contributed by atoms with Gasteiger partial charge in [-0.2, -0.15) is 4.52 Å². The Morgan fingerprint density at radius 3 is 2.82 bits per heavy atom. The molecule has 3 heterocycles. The van der Waals surface area contributed by atoms with E-state index in [2.05, 4.69) is 28.9 Å². The molecule has 9 nitrogen and oxygen atoms in total. The van der Waals surface area contributed by atoms with Gasteiger partial charge in [-0.25, -0.2) is 9.97 Å². The van der Waals surface area contributed by atoms with E-state index in [1.165, 1.54) is 0 Å². The first-order valence-electron chi connectivity index (χ1n) is 10.9. The molecule has 3 N–H and O–H groups in total. The van der Waals surface area contributed by atoms with Crippen LogP contribution in [-0.4, -0.2) is 64.0 Å². The lowest BCUT2D eigenvalue weighted by atomic mass is 10.2. The van der Waals surface area contributed by atoms with Crippen molar-refractivity contribution in [2.75, 3.05) is 37.8 Å². The molecular weight excluding hydrogens is 438 g/mol. The van der Waals surface area contributed by atoms with Crippen molar-refractivity contribution >= 4 is 40.2 Å². The summed E-state index contributed by atoms with van der Waals surface area (Å²) in [6, 6.07) is 13.2. The van der Waals surface area contributed by atoms with Crippen LogP contribution in [0.15, 0.2) is 47.4 Å². The van der Waals surface area contributed by atoms with E-state index >= 15 is 0 Å². The third kappa shape index (κ3) is 4.19. The zero-order chi connectivity index (χ0) is 22.8. The molecule has 10 heteroatoms. The van der Waals surface area contributed by atoms with Crippen molar-refractivity contribution in [3.63, 3.8) is 0 Å². The van der Waals surface area contributed by atoms with Crippen LogP contribution in [0, 0.1) is 0 Å². The maximum absolute atomic E-state index is 12.6. The second kappa shape index (κ2) is 9.24. The molecule has 1 atom stereocenters. The number of thioether (sulfide) groups is 1. The zero-order valence-electron chi connectivity index (χ0n) is 18.5. The summed E-state index contributed by atoms with van der Waals surface area (Å²) in [5.74, 6) is 2.68. The monoisotopic (exact) mass is 463 g/mol. The average molecular weight is 464 g/mol. The highest BCUT2D eigenvalue weighted by Gasteiger charge is 2.24. The van der Waals surface area contributed by atoms with Crippen LogP contribution in [0.25, 0.3) is 27.9 Å². The van der Waals surface area contributed by atoms with E-state index < -0.39 is 6.04 Å². The normalized spacial score (nSPS) is 16.5. The van der Waals surface area contributed by atoms with Crippen molar-refractivity contribution in [3.8, 4) is 17.1 Å². The molecule has 0 radical (unpaired) electrons. The quantitative estimate of drug-likeness (QED) is 0.375. The van der Waals surface area contributed by atoms with E-state index in [1.807, 2.05) is 36.4 Å². The molecule has 170 valence electrons. The van der Waals surface area contributed by atoms with Gasteiger partial charge in [0.2, 0.25) is 11.9 Å². The van der Waals surface area contributed by atoms with Gasteiger partial charge in [0, 0.05) is 35.5 Å². The summed E-state index contributed by atoms with van der Waals surface area (Å²) in [7, 11) is 1.64. The third-order valence-corrected chi connectivity index (χ3v) is 6.41. The van der Waals surface area contributed by atoms with Crippen LogP contribution >= 0.6 is 11.8 Å². The molecule has 33 heavy (non-hydrogen) atoms. The summed E-state index contributed by atoms with van der Waals surface area (Å²) in [6.07, 6.45) is 0. The second-order valence-corrected chi connectivity index (χ2v) is 8.92. The third-order valence-electron chi connectivity index (χ3n) is 5.48. The van der Waals surface area contributed by atoms with Crippen molar-refractivity contribution in [1.82, 2.24) is 30.2 Å². The summed E-state index contributed by atoms with van der Waals surface area (Å²) in [4.78, 5) is 23.4. The van der Waals surface area contributed by atoms with Crippen molar-refractivity contribution in [1.29, 1.82) is 0 Å². The highest BCUT2D eigenvalue weighted by Crippen LogP contribution is 2.31. The van der Waals surface area contributed by atoms with E-state index in [1.54, 1.807) is 23.4 Å². The Morgan fingerprint density at radius 2 is 2.03 bits per heavy atom. The number of nitrogens with one attached hydrogen (secondary N) is 3. The van der Waals surface area contributed by atoms with Crippen LogP contribution in [-0.2, 0) is 4.79 Å². The number of carbonyl (C=O) groups is 1. The number of anilines is 1. The Balaban J connectivity index is 1.67. The smallest absolute Gasteiger partial charge is 0.243 e. The van der Waals surface area contributed by atoms with E-state index in [9.17, 15) is 4.79 Å². The fourth-order valence-electron chi connectivity index (χ4n) is 3.84. The lowest BCUT2D eigenvalue weighted by Gasteiger charge is -2.17. The lowest BCUT2D eigenvalue weighted by molar-refractivity contribution is -0.121. The Hall–Kier alpha value is -3.37. The van der Waals surface area contributed by atoms with Gasteiger partial charge in [-0.1, -0.05) is 13.0 Å². The number of para-hydroxylation sites is 1. The predicted molar refractivity (Wildman–Crippen MR) is 130 cm³/mol. The number of amides is 1. The zero-order valence-corrected chi connectivity index (χ0v) is 19.3. The van der Waals surface area contributed by atoms with Crippen LogP contribution in [0.1, 0.15) is 6.92 Å². The Bertz CT molecular complexity index is 1310. The van der Waals surface area contributed by atoms with Crippen LogP contribution in [0.2, 0.25) is 0 Å². The Labute approximate surface area is 195 Å². The minimum absolute atomic E-state index is 0.0678. The topological polar surface area (TPSA) is 105 Å². The maximum atomic E-state index is 12.6. The SMILES string of the molecule is CCSc1cccc2c1nc(N[C@@H]1CNCCNC1=O)n1nc(-c3ccc(OC)cc3)nc21. The summed E-state index contributed by atoms with van der Waals surface area (Å²) in [5, 5.41) is 15.2. The first-order chi connectivity index (χ1) is 16.2. The van der Waals surface area contributed by atoms with Crippen molar-refractivity contribution < 1.29 is 9.53 Å². The minimum atomic E-state index is -0.472. The number of rotatable bonds is 6. The van der Waals surface area contributed by atoms with E-state index in [0.717, 1.165) is 39.4 Å². The average Bonchev–Trinajstić information content (AvgIpc) is 3.20. The number of hydrogen-bond acceptors (Lipinski definition) is 8. The van der Waals surface area contributed by atoms with Gasteiger partial charge >= 0.3 is 0 Å². The number of ether oxygens (including phenoxy) is 1. The summed E-state index contributed by atoms with van der Waals surface area (Å²) < 4.78 is 6.96. The number of methoxy groups -OCH3 is 1. The molecule has 0 bridgehead atoms. The van der Waals surface area contributed by atoms with Gasteiger partial charge in [0.15, 0.2) is 11.5 Å². The molecule has 1 aliphatic rings. The van der Waals surface area contributed by atoms with Gasteiger partial charge in [-0.3, -0.25) is 4.79 Å². The minimum Gasteiger partial charge on any atom is -0.497 e. The summed E-state index contributed by atoms with van der Waals surface area (Å²) in [5.41, 5.74) is 2.40. The molecule has 0 saturated carbocycles. The number of nitrogens with zero attached hydrogens (tertiary/aromatic N) is 4. The van der Waals surface area contributed by atoms with Gasteiger partial charge < -0.3 is 20.7 Å². The number of aromatic nitrogens is 4. The van der Waals surface area contributed by atoms with E-state index in [-0.39, 0.29) is 5.91 Å². The molecule has 1 amide bonds. The van der Waals surface area contributed by atoms with Crippen LogP contribution in [0.3, 0.4) is 0 Å². The number of benzene rings is 2. The van der Waals surface area contributed by atoms with Crippen molar-refractivity contribution in [2.45, 2.75) is 17.9 Å². The van der Waals surface area contributed by atoms with Gasteiger partial charge in [0.05, 0.1) is 12.6 Å². The molecule has 0 unspecified atom stereocenters. The van der Waals surface area contributed by atoms with Crippen molar-refractivity contribution in [3.05, 3.63) is 42.5 Å². The molecular formula is C23H25N7O2S. The van der Waals surface area contributed by atoms with Crippen molar-refractivity contribution in [2.24, 2.45) is 0 Å². The molecule has 5 rings (SSSR count). The molecule has 0 aliphatic carbocycles. The van der Waals surface area contributed by atoms with Gasteiger partial charge in [0.25, 0.3) is 0 Å². The number of carbonyl (C=O) groups excluding carboxylic acids is 1. The molecule has 4 aromatic rings. The fourth-order valence-corrected chi connectivity index (χ4v) is 4.62. The lowest BCUT2D eigenvalue weighted by Crippen LogP contribution is -2.42. The molecule has 0 spiro atoms. The van der Waals surface area contributed by atoms with E-state index in [0.29, 0.717) is 30.5 Å². The molecule has 2 aromatic heterocycles. The number of fused-ring (bicyclic) bond motifs is 3. The second-order valence-electron chi connectivity index (χ2n) is 7.61. The first kappa shape index (κ1) is 21.5. The molecule has 1 aliphatic heterocycles. The molecule has 1 fully saturated rings. The molecule has 2 aromatic carbocycles. The Morgan fingerprint density at radius 1 is 1.18 bits per heavy atom. The van der Waals surface area contributed by atoms with Gasteiger partial charge in [-0.15, -0.1) is 16.9 Å². The first-order valence-corrected chi connectivity index (χ1v) is 11.9. The van der Waals surface area contributed by atoms with Crippen LogP contribution in [0.4, 0.5) is 5.95 Å². The largest absolute Gasteiger partial charge is 0.497 e. The van der Waals surface area contributed by atoms with Crippen LogP contribution in [0.5, 0.6) is 5.75 Å². The van der Waals surface area contributed by atoms with Crippen LogP contribution < -0.4 is 20.7 Å². The standard InChI is InChI=1S/C23H25N7O2S/c1-3-33-18-6-4-5-16-19(18)27-23(26-17-13-24-11-12-25-22(17)31)30-21(16)28-20(29-30)14-7-9-15(32-2)10-8-14/h4-10,17,24H,3,11-13H2,1-2H3,(H,25,31)(H,26,27)/t17-/m1/s1.